The topological polar surface area (TPSA) is 98.3 Å². The van der Waals surface area contributed by atoms with E-state index in [1.54, 1.807) is 12.1 Å². The lowest BCUT2D eigenvalue weighted by Crippen LogP contribution is -2.06. The Hall–Kier alpha value is -1.35. The SMILES string of the molecule is Nc1nnc(Sc2ccc(N([O-])O)cc2)s1. The Morgan fingerprint density at radius 1 is 1.31 bits per heavy atom. The van der Waals surface area contributed by atoms with Crippen molar-refractivity contribution in [1.82, 2.24) is 10.2 Å². The first kappa shape index (κ1) is 11.1. The number of hydrogen-bond donors (Lipinski definition) is 2. The van der Waals surface area contributed by atoms with Crippen LogP contribution in [0, 0.1) is 5.21 Å². The molecule has 16 heavy (non-hydrogen) atoms. The molecule has 0 spiro atoms. The van der Waals surface area contributed by atoms with Gasteiger partial charge in [-0.15, -0.1) is 10.2 Å². The molecule has 1 heterocycles. The van der Waals surface area contributed by atoms with Crippen LogP contribution in [0.2, 0.25) is 0 Å². The lowest BCUT2D eigenvalue weighted by atomic mass is 10.3. The zero-order valence-electron chi connectivity index (χ0n) is 7.90. The van der Waals surface area contributed by atoms with E-state index in [0.29, 0.717) is 5.13 Å². The van der Waals surface area contributed by atoms with Crippen LogP contribution in [0.4, 0.5) is 10.8 Å². The van der Waals surface area contributed by atoms with Gasteiger partial charge in [0, 0.05) is 4.90 Å². The zero-order valence-corrected chi connectivity index (χ0v) is 9.53. The molecule has 2 rings (SSSR count). The zero-order chi connectivity index (χ0) is 11.5. The molecule has 0 saturated carbocycles. The van der Waals surface area contributed by atoms with E-state index in [1.807, 2.05) is 0 Å². The summed E-state index contributed by atoms with van der Waals surface area (Å²) in [4.78, 5) is 0.891. The standard InChI is InChI=1S/C8H7N4O2S2/c9-7-10-11-8(16-7)15-6-3-1-5(2-4-6)12(13)14/h1-4,13H,(H2,9,10)/q-1. The molecule has 0 aliphatic rings. The number of nitrogens with two attached hydrogens (primary N) is 1. The molecule has 0 bridgehead atoms. The molecule has 0 unspecified atom stereocenters. The molecular formula is C8H7N4O2S2-. The smallest absolute Gasteiger partial charge is 0.203 e. The van der Waals surface area contributed by atoms with E-state index >= 15 is 0 Å². The van der Waals surface area contributed by atoms with Gasteiger partial charge in [-0.1, -0.05) is 23.1 Å². The number of aromatic nitrogens is 2. The van der Waals surface area contributed by atoms with Crippen LogP contribution in [-0.2, 0) is 0 Å². The van der Waals surface area contributed by atoms with Crippen molar-refractivity contribution in [3.63, 3.8) is 0 Å². The Labute approximate surface area is 99.3 Å². The maximum absolute atomic E-state index is 10.5. The second-order valence-corrected chi connectivity index (χ2v) is 5.10. The Morgan fingerprint density at radius 2 is 2.00 bits per heavy atom. The van der Waals surface area contributed by atoms with Crippen molar-refractivity contribution in [1.29, 1.82) is 0 Å². The number of benzene rings is 1. The molecule has 0 fully saturated rings. The number of nitrogens with zero attached hydrogens (tertiary/aromatic N) is 3. The Morgan fingerprint density at radius 3 is 2.50 bits per heavy atom. The minimum atomic E-state index is -0.183. The van der Waals surface area contributed by atoms with E-state index in [2.05, 4.69) is 10.2 Å². The van der Waals surface area contributed by atoms with Crippen molar-refractivity contribution in [2.24, 2.45) is 0 Å². The molecule has 84 valence electrons. The first-order valence-corrected chi connectivity index (χ1v) is 5.81. The summed E-state index contributed by atoms with van der Waals surface area (Å²) in [6.45, 7) is 0. The monoisotopic (exact) mass is 255 g/mol. The highest BCUT2D eigenvalue weighted by molar-refractivity contribution is 8.01. The fraction of sp³-hybridized carbons (Fsp3) is 0. The van der Waals surface area contributed by atoms with E-state index in [0.717, 1.165) is 9.24 Å². The predicted molar refractivity (Wildman–Crippen MR) is 62.5 cm³/mol. The first-order chi connectivity index (χ1) is 7.65. The van der Waals surface area contributed by atoms with Crippen LogP contribution in [0.15, 0.2) is 33.5 Å². The highest BCUT2D eigenvalue weighted by Crippen LogP contribution is 2.31. The summed E-state index contributed by atoms with van der Waals surface area (Å²) < 4.78 is 0.730. The Kier molecular flexibility index (Phi) is 3.25. The van der Waals surface area contributed by atoms with Gasteiger partial charge in [-0.05, 0) is 24.3 Å². The van der Waals surface area contributed by atoms with Gasteiger partial charge in [-0.3, -0.25) is 5.21 Å². The van der Waals surface area contributed by atoms with Crippen molar-refractivity contribution in [2.75, 3.05) is 11.0 Å². The fourth-order valence-corrected chi connectivity index (χ4v) is 2.61. The van der Waals surface area contributed by atoms with Gasteiger partial charge in [0.05, 0.1) is 5.69 Å². The van der Waals surface area contributed by atoms with E-state index in [9.17, 15) is 5.21 Å². The van der Waals surface area contributed by atoms with Gasteiger partial charge < -0.3 is 16.2 Å². The molecular weight excluding hydrogens is 248 g/mol. The highest BCUT2D eigenvalue weighted by Gasteiger charge is 2.03. The molecule has 0 aliphatic heterocycles. The van der Waals surface area contributed by atoms with E-state index in [4.69, 9.17) is 10.9 Å². The van der Waals surface area contributed by atoms with E-state index in [1.165, 1.54) is 35.2 Å². The third-order valence-corrected chi connectivity index (χ3v) is 3.50. The second-order valence-electron chi connectivity index (χ2n) is 2.78. The Balaban J connectivity index is 2.11. The molecule has 6 nitrogen and oxygen atoms in total. The molecule has 3 N–H and O–H groups in total. The summed E-state index contributed by atoms with van der Waals surface area (Å²) in [7, 11) is 0. The summed E-state index contributed by atoms with van der Waals surface area (Å²) in [5.74, 6) is 0. The largest absolute Gasteiger partial charge is 0.733 e. The number of anilines is 2. The first-order valence-electron chi connectivity index (χ1n) is 4.18. The van der Waals surface area contributed by atoms with Crippen LogP contribution in [0.3, 0.4) is 0 Å². The minimum absolute atomic E-state index is 0.182. The molecule has 0 saturated heterocycles. The van der Waals surface area contributed by atoms with Crippen molar-refractivity contribution in [3.8, 4) is 0 Å². The van der Waals surface area contributed by atoms with Gasteiger partial charge >= 0.3 is 0 Å². The van der Waals surface area contributed by atoms with E-state index in [-0.39, 0.29) is 10.9 Å². The average Bonchev–Trinajstić information content (AvgIpc) is 2.65. The molecule has 1 aromatic carbocycles. The van der Waals surface area contributed by atoms with Crippen molar-refractivity contribution >= 4 is 33.9 Å². The third-order valence-electron chi connectivity index (χ3n) is 1.68. The maximum atomic E-state index is 10.5. The predicted octanol–water partition coefficient (Wildman–Crippen LogP) is 1.96. The van der Waals surface area contributed by atoms with Crippen molar-refractivity contribution < 1.29 is 5.21 Å². The summed E-state index contributed by atoms with van der Waals surface area (Å²) in [6, 6.07) is 6.44. The van der Waals surface area contributed by atoms with Crippen LogP contribution in [0.5, 0.6) is 0 Å². The van der Waals surface area contributed by atoms with Gasteiger partial charge in [-0.2, -0.15) is 0 Å². The molecule has 0 radical (unpaired) electrons. The molecule has 0 atom stereocenters. The highest BCUT2D eigenvalue weighted by atomic mass is 32.2. The Bertz CT molecular complexity index is 471. The molecule has 1 aromatic heterocycles. The average molecular weight is 255 g/mol. The van der Waals surface area contributed by atoms with Crippen molar-refractivity contribution in [2.45, 2.75) is 9.24 Å². The van der Waals surface area contributed by atoms with Gasteiger partial charge in [-0.25, -0.2) is 0 Å². The summed E-state index contributed by atoms with van der Waals surface area (Å²) >= 11 is 2.68. The van der Waals surface area contributed by atoms with E-state index < -0.39 is 0 Å². The normalized spacial score (nSPS) is 10.4. The van der Waals surface area contributed by atoms with Crippen LogP contribution in [0.1, 0.15) is 0 Å². The van der Waals surface area contributed by atoms with Gasteiger partial charge in [0.1, 0.15) is 0 Å². The third kappa shape index (κ3) is 2.61. The lowest BCUT2D eigenvalue weighted by Gasteiger charge is -2.21. The fourth-order valence-electron chi connectivity index (χ4n) is 1.00. The molecule has 2 aromatic rings. The quantitative estimate of drug-likeness (QED) is 0.809. The van der Waals surface area contributed by atoms with Gasteiger partial charge in [0.25, 0.3) is 0 Å². The van der Waals surface area contributed by atoms with Crippen LogP contribution in [0.25, 0.3) is 0 Å². The van der Waals surface area contributed by atoms with Gasteiger partial charge in [0.2, 0.25) is 5.13 Å². The minimum Gasteiger partial charge on any atom is -0.733 e. The van der Waals surface area contributed by atoms with Crippen LogP contribution < -0.4 is 11.0 Å². The number of nitrogen functional groups attached to an aromatic ring is 1. The molecule has 8 heteroatoms. The summed E-state index contributed by atoms with van der Waals surface area (Å²) in [5.41, 5.74) is 5.63. The van der Waals surface area contributed by atoms with Gasteiger partial charge in [0.15, 0.2) is 4.34 Å². The number of rotatable bonds is 3. The molecule has 0 aliphatic carbocycles. The van der Waals surface area contributed by atoms with Crippen LogP contribution in [-0.4, -0.2) is 15.4 Å². The molecule has 0 amide bonds. The maximum Gasteiger partial charge on any atom is 0.203 e. The second kappa shape index (κ2) is 4.66. The van der Waals surface area contributed by atoms with Crippen molar-refractivity contribution in [3.05, 3.63) is 29.5 Å². The number of hydrogen-bond acceptors (Lipinski definition) is 8. The summed E-state index contributed by atoms with van der Waals surface area (Å²) in [5, 5.41) is 27.0. The summed E-state index contributed by atoms with van der Waals surface area (Å²) in [6.07, 6.45) is 0. The lowest BCUT2D eigenvalue weighted by molar-refractivity contribution is 0.296. The van der Waals surface area contributed by atoms with Crippen LogP contribution >= 0.6 is 23.1 Å².